The van der Waals surface area contributed by atoms with Gasteiger partial charge in [-0.3, -0.25) is 9.59 Å². The predicted molar refractivity (Wildman–Crippen MR) is 108 cm³/mol. The normalized spacial score (nSPS) is 21.3. The zero-order valence-corrected chi connectivity index (χ0v) is 16.4. The van der Waals surface area contributed by atoms with Gasteiger partial charge in [0.05, 0.1) is 0 Å². The molecule has 138 valence electrons. The summed E-state index contributed by atoms with van der Waals surface area (Å²) in [6, 6.07) is 13.7. The van der Waals surface area contributed by atoms with E-state index in [-0.39, 0.29) is 17.4 Å². The summed E-state index contributed by atoms with van der Waals surface area (Å²) in [6.45, 7) is 2.50. The second kappa shape index (κ2) is 6.37. The van der Waals surface area contributed by atoms with Gasteiger partial charge < -0.3 is 14.0 Å². The molecule has 1 aromatic carbocycles. The second-order valence-corrected chi connectivity index (χ2v) is 8.56. The summed E-state index contributed by atoms with van der Waals surface area (Å²) in [5.74, 6) is 0.760. The smallest absolute Gasteiger partial charge is 0.250 e. The zero-order chi connectivity index (χ0) is 18.5. The second-order valence-electron chi connectivity index (χ2n) is 7.64. The van der Waals surface area contributed by atoms with E-state index in [1.54, 1.807) is 6.07 Å². The van der Waals surface area contributed by atoms with E-state index in [0.717, 1.165) is 34.0 Å². The standard InChI is InChI=1S/C21H20BrN3O2/c22-17-5-4-15-6-7-23(19(15)9-17)13-21(27)24-10-14-8-16(12-24)18-2-1-3-20(26)25(18)11-14/h1-7,9,14,16H,8,10-13H2/t14-,16+/m0/s1. The first-order valence-electron chi connectivity index (χ1n) is 9.30. The van der Waals surface area contributed by atoms with Crippen molar-refractivity contribution in [3.63, 3.8) is 0 Å². The third kappa shape index (κ3) is 2.92. The van der Waals surface area contributed by atoms with E-state index in [1.807, 2.05) is 44.5 Å². The quantitative estimate of drug-likeness (QED) is 0.632. The lowest BCUT2D eigenvalue weighted by atomic mass is 9.83. The van der Waals surface area contributed by atoms with Crippen LogP contribution >= 0.6 is 15.9 Å². The van der Waals surface area contributed by atoms with Crippen molar-refractivity contribution in [3.8, 4) is 0 Å². The summed E-state index contributed by atoms with van der Waals surface area (Å²) < 4.78 is 4.93. The maximum Gasteiger partial charge on any atom is 0.250 e. The van der Waals surface area contributed by atoms with Crippen LogP contribution in [0.3, 0.4) is 0 Å². The first kappa shape index (κ1) is 16.8. The Morgan fingerprint density at radius 2 is 2.00 bits per heavy atom. The van der Waals surface area contributed by atoms with Gasteiger partial charge in [-0.1, -0.05) is 28.1 Å². The highest BCUT2D eigenvalue weighted by Crippen LogP contribution is 2.35. The van der Waals surface area contributed by atoms with Crippen molar-refractivity contribution in [2.45, 2.75) is 25.4 Å². The van der Waals surface area contributed by atoms with Gasteiger partial charge in [0.25, 0.3) is 5.56 Å². The molecule has 2 bridgehead atoms. The number of pyridine rings is 1. The lowest BCUT2D eigenvalue weighted by molar-refractivity contribution is -0.134. The molecule has 0 radical (unpaired) electrons. The van der Waals surface area contributed by atoms with Gasteiger partial charge in [-0.05, 0) is 42.0 Å². The van der Waals surface area contributed by atoms with Crippen LogP contribution in [0.4, 0.5) is 0 Å². The average molecular weight is 426 g/mol. The minimum absolute atomic E-state index is 0.0753. The number of carbonyl (C=O) groups is 1. The first-order valence-corrected chi connectivity index (χ1v) is 10.1. The molecule has 5 nitrogen and oxygen atoms in total. The van der Waals surface area contributed by atoms with Gasteiger partial charge in [0, 0.05) is 53.5 Å². The Kier molecular flexibility index (Phi) is 3.97. The molecule has 1 saturated heterocycles. The molecular formula is C21H20BrN3O2. The Labute approximate surface area is 165 Å². The molecule has 2 aliphatic rings. The van der Waals surface area contributed by atoms with Crippen LogP contribution in [-0.4, -0.2) is 33.0 Å². The number of aromatic nitrogens is 2. The molecule has 0 N–H and O–H groups in total. The summed E-state index contributed by atoms with van der Waals surface area (Å²) in [4.78, 5) is 27.2. The Morgan fingerprint density at radius 1 is 1.11 bits per heavy atom. The minimum Gasteiger partial charge on any atom is -0.340 e. The van der Waals surface area contributed by atoms with Gasteiger partial charge in [-0.2, -0.15) is 0 Å². The number of likely N-dealkylation sites (tertiary alicyclic amines) is 1. The third-order valence-electron chi connectivity index (χ3n) is 5.87. The monoisotopic (exact) mass is 425 g/mol. The third-order valence-corrected chi connectivity index (χ3v) is 6.37. The lowest BCUT2D eigenvalue weighted by Gasteiger charge is -2.42. The van der Waals surface area contributed by atoms with Gasteiger partial charge in [-0.25, -0.2) is 0 Å². The minimum atomic E-state index is 0.0753. The van der Waals surface area contributed by atoms with Gasteiger partial charge >= 0.3 is 0 Å². The largest absolute Gasteiger partial charge is 0.340 e. The Bertz CT molecular complexity index is 1100. The number of rotatable bonds is 2. The number of benzene rings is 1. The Balaban J connectivity index is 1.39. The fraction of sp³-hybridized carbons (Fsp3) is 0.333. The van der Waals surface area contributed by atoms with Crippen molar-refractivity contribution in [2.24, 2.45) is 5.92 Å². The van der Waals surface area contributed by atoms with Gasteiger partial charge in [-0.15, -0.1) is 0 Å². The van der Waals surface area contributed by atoms with E-state index >= 15 is 0 Å². The van der Waals surface area contributed by atoms with Crippen LogP contribution in [-0.2, 0) is 17.9 Å². The van der Waals surface area contributed by atoms with Crippen LogP contribution in [0.15, 0.2) is 57.9 Å². The van der Waals surface area contributed by atoms with Crippen LogP contribution in [0.1, 0.15) is 18.0 Å². The van der Waals surface area contributed by atoms with Gasteiger partial charge in [0.2, 0.25) is 5.91 Å². The van der Waals surface area contributed by atoms with E-state index < -0.39 is 0 Å². The van der Waals surface area contributed by atoms with E-state index in [4.69, 9.17) is 0 Å². The molecule has 0 aliphatic carbocycles. The maximum absolute atomic E-state index is 13.0. The molecule has 4 heterocycles. The molecule has 27 heavy (non-hydrogen) atoms. The van der Waals surface area contributed by atoms with E-state index in [1.165, 1.54) is 0 Å². The first-order chi connectivity index (χ1) is 13.1. The van der Waals surface area contributed by atoms with Crippen LogP contribution in [0.2, 0.25) is 0 Å². The number of fused-ring (bicyclic) bond motifs is 5. The average Bonchev–Trinajstić information content (AvgIpc) is 3.04. The Hall–Kier alpha value is -2.34. The molecule has 5 rings (SSSR count). The van der Waals surface area contributed by atoms with Crippen LogP contribution in [0.5, 0.6) is 0 Å². The van der Waals surface area contributed by atoms with E-state index in [2.05, 4.69) is 28.1 Å². The van der Waals surface area contributed by atoms with Crippen molar-refractivity contribution in [1.29, 1.82) is 0 Å². The van der Waals surface area contributed by atoms with Crippen molar-refractivity contribution in [2.75, 3.05) is 13.1 Å². The number of carbonyl (C=O) groups excluding carboxylic acids is 1. The fourth-order valence-electron chi connectivity index (χ4n) is 4.64. The highest BCUT2D eigenvalue weighted by molar-refractivity contribution is 9.10. The van der Waals surface area contributed by atoms with Crippen LogP contribution in [0.25, 0.3) is 10.9 Å². The molecule has 3 aromatic rings. The SMILES string of the molecule is O=C(Cn1ccc2ccc(Br)cc21)N1C[C@@H]2C[C@H](C1)c1cccc(=O)n1C2. The molecule has 6 heteroatoms. The zero-order valence-electron chi connectivity index (χ0n) is 14.8. The van der Waals surface area contributed by atoms with E-state index in [9.17, 15) is 9.59 Å². The summed E-state index contributed by atoms with van der Waals surface area (Å²) in [6.07, 6.45) is 3.04. The predicted octanol–water partition coefficient (Wildman–Crippen LogP) is 3.21. The van der Waals surface area contributed by atoms with Crippen LogP contribution in [0, 0.1) is 5.92 Å². The van der Waals surface area contributed by atoms with Crippen LogP contribution < -0.4 is 5.56 Å². The molecule has 2 aliphatic heterocycles. The Morgan fingerprint density at radius 3 is 2.89 bits per heavy atom. The molecule has 1 amide bonds. The molecule has 0 saturated carbocycles. The fourth-order valence-corrected chi connectivity index (χ4v) is 4.99. The van der Waals surface area contributed by atoms with Crippen molar-refractivity contribution < 1.29 is 4.79 Å². The maximum atomic E-state index is 13.0. The van der Waals surface area contributed by atoms with Crippen molar-refractivity contribution in [3.05, 3.63) is 69.2 Å². The summed E-state index contributed by atoms with van der Waals surface area (Å²) >= 11 is 3.51. The summed E-state index contributed by atoms with van der Waals surface area (Å²) in [5.41, 5.74) is 2.21. The van der Waals surface area contributed by atoms with Gasteiger partial charge in [0.15, 0.2) is 0 Å². The highest BCUT2D eigenvalue weighted by Gasteiger charge is 2.36. The molecular weight excluding hydrogens is 406 g/mol. The van der Waals surface area contributed by atoms with Gasteiger partial charge in [0.1, 0.15) is 6.54 Å². The number of hydrogen-bond acceptors (Lipinski definition) is 2. The number of piperidine rings is 1. The molecule has 0 unspecified atom stereocenters. The van der Waals surface area contributed by atoms with Crippen molar-refractivity contribution >= 4 is 32.7 Å². The van der Waals surface area contributed by atoms with E-state index in [0.29, 0.717) is 25.6 Å². The molecule has 2 atom stereocenters. The molecule has 1 fully saturated rings. The number of halogens is 1. The van der Waals surface area contributed by atoms with Crippen molar-refractivity contribution in [1.82, 2.24) is 14.0 Å². The summed E-state index contributed by atoms with van der Waals surface area (Å²) in [7, 11) is 0. The number of hydrogen-bond donors (Lipinski definition) is 0. The summed E-state index contributed by atoms with van der Waals surface area (Å²) in [5, 5.41) is 1.13. The topological polar surface area (TPSA) is 47.2 Å². The molecule has 0 spiro atoms. The number of amides is 1. The highest BCUT2D eigenvalue weighted by atomic mass is 79.9. The molecule has 2 aromatic heterocycles. The lowest BCUT2D eigenvalue weighted by Crippen LogP contribution is -2.49. The number of nitrogens with zero attached hydrogens (tertiary/aromatic N) is 3.